The monoisotopic (exact) mass is 267 g/mol. The zero-order chi connectivity index (χ0) is 13.6. The van der Waals surface area contributed by atoms with Crippen LogP contribution in [0.25, 0.3) is 0 Å². The molecule has 1 heterocycles. The minimum Gasteiger partial charge on any atom is -0.347 e. The minimum atomic E-state index is -4.44. The van der Waals surface area contributed by atoms with Crippen molar-refractivity contribution in [2.24, 2.45) is 0 Å². The fraction of sp³-hybridized carbons (Fsp3) is 0.800. The van der Waals surface area contributed by atoms with Crippen LogP contribution in [0.4, 0.5) is 13.2 Å². The van der Waals surface area contributed by atoms with Crippen LogP contribution in [0, 0.1) is 0 Å². The Hall–Kier alpha value is -1.31. The number of carbonyl (C=O) groups is 2. The molecule has 0 spiro atoms. The number of alkyl halides is 3. The van der Waals surface area contributed by atoms with Crippen LogP contribution in [-0.4, -0.2) is 43.7 Å². The quantitative estimate of drug-likeness (QED) is 0.652. The SMILES string of the molecule is O=C(CNC(=O)CC1CCCN1)NCC(F)(F)F. The van der Waals surface area contributed by atoms with Crippen molar-refractivity contribution in [2.45, 2.75) is 31.5 Å². The van der Waals surface area contributed by atoms with Gasteiger partial charge in [0.05, 0.1) is 6.54 Å². The van der Waals surface area contributed by atoms with Crippen molar-refractivity contribution in [1.82, 2.24) is 16.0 Å². The van der Waals surface area contributed by atoms with Gasteiger partial charge in [-0.1, -0.05) is 0 Å². The Labute approximate surface area is 102 Å². The first kappa shape index (κ1) is 14.7. The number of hydrogen-bond donors (Lipinski definition) is 3. The van der Waals surface area contributed by atoms with Crippen LogP contribution in [0.1, 0.15) is 19.3 Å². The normalized spacial score (nSPS) is 19.6. The zero-order valence-electron chi connectivity index (χ0n) is 9.77. The summed E-state index contributed by atoms with van der Waals surface area (Å²) in [6, 6.07) is 0.100. The summed E-state index contributed by atoms with van der Waals surface area (Å²) < 4.78 is 35.3. The highest BCUT2D eigenvalue weighted by Gasteiger charge is 2.27. The number of hydrogen-bond acceptors (Lipinski definition) is 3. The molecule has 2 amide bonds. The first-order valence-corrected chi connectivity index (χ1v) is 5.70. The largest absolute Gasteiger partial charge is 0.405 e. The molecule has 1 aliphatic rings. The van der Waals surface area contributed by atoms with Crippen LogP contribution in [0.5, 0.6) is 0 Å². The van der Waals surface area contributed by atoms with Crippen LogP contribution in [0.15, 0.2) is 0 Å². The van der Waals surface area contributed by atoms with Crippen molar-refractivity contribution >= 4 is 11.8 Å². The first-order valence-electron chi connectivity index (χ1n) is 5.70. The summed E-state index contributed by atoms with van der Waals surface area (Å²) in [5.41, 5.74) is 0. The second kappa shape index (κ2) is 6.58. The zero-order valence-corrected chi connectivity index (χ0v) is 9.77. The van der Waals surface area contributed by atoms with Crippen LogP contribution < -0.4 is 16.0 Å². The molecule has 1 unspecified atom stereocenters. The van der Waals surface area contributed by atoms with Crippen LogP contribution in [0.2, 0.25) is 0 Å². The lowest BCUT2D eigenvalue weighted by Gasteiger charge is -2.11. The lowest BCUT2D eigenvalue weighted by Crippen LogP contribution is -2.42. The van der Waals surface area contributed by atoms with E-state index in [4.69, 9.17) is 0 Å². The second-order valence-corrected chi connectivity index (χ2v) is 4.17. The molecular formula is C10H16F3N3O2. The molecule has 8 heteroatoms. The van der Waals surface area contributed by atoms with Gasteiger partial charge in [0.15, 0.2) is 0 Å². The third kappa shape index (κ3) is 6.43. The van der Waals surface area contributed by atoms with E-state index in [1.54, 1.807) is 5.32 Å². The van der Waals surface area contributed by atoms with Gasteiger partial charge in [0.25, 0.3) is 0 Å². The molecule has 1 rings (SSSR count). The standard InChI is InChI=1S/C10H16F3N3O2/c11-10(12,13)6-16-9(18)5-15-8(17)4-7-2-1-3-14-7/h7,14H,1-6H2,(H,15,17)(H,16,18). The summed E-state index contributed by atoms with van der Waals surface area (Å²) in [6.45, 7) is -0.947. The molecule has 1 saturated heterocycles. The van der Waals surface area contributed by atoms with Crippen LogP contribution >= 0.6 is 0 Å². The Kier molecular flexibility index (Phi) is 5.39. The second-order valence-electron chi connectivity index (χ2n) is 4.17. The molecule has 0 aromatic heterocycles. The van der Waals surface area contributed by atoms with Crippen molar-refractivity contribution in [2.75, 3.05) is 19.6 Å². The van der Waals surface area contributed by atoms with E-state index in [9.17, 15) is 22.8 Å². The topological polar surface area (TPSA) is 70.2 Å². The first-order chi connectivity index (χ1) is 8.37. The molecule has 18 heavy (non-hydrogen) atoms. The maximum absolute atomic E-state index is 11.8. The van der Waals surface area contributed by atoms with Crippen molar-refractivity contribution < 1.29 is 22.8 Å². The third-order valence-electron chi connectivity index (χ3n) is 2.53. The van der Waals surface area contributed by atoms with Crippen molar-refractivity contribution in [3.05, 3.63) is 0 Å². The fourth-order valence-corrected chi connectivity index (χ4v) is 1.67. The molecule has 1 atom stereocenters. The molecule has 0 radical (unpaired) electrons. The molecule has 0 bridgehead atoms. The minimum absolute atomic E-state index is 0.100. The smallest absolute Gasteiger partial charge is 0.347 e. The number of carbonyl (C=O) groups excluding carboxylic acids is 2. The van der Waals surface area contributed by atoms with Gasteiger partial charge < -0.3 is 16.0 Å². The van der Waals surface area contributed by atoms with E-state index in [1.807, 2.05) is 0 Å². The average molecular weight is 267 g/mol. The molecule has 3 N–H and O–H groups in total. The van der Waals surface area contributed by atoms with E-state index in [1.165, 1.54) is 0 Å². The van der Waals surface area contributed by atoms with Gasteiger partial charge in [0, 0.05) is 12.5 Å². The van der Waals surface area contributed by atoms with Crippen molar-refractivity contribution in [1.29, 1.82) is 0 Å². The van der Waals surface area contributed by atoms with Gasteiger partial charge in [-0.15, -0.1) is 0 Å². The van der Waals surface area contributed by atoms with Gasteiger partial charge >= 0.3 is 6.18 Å². The van der Waals surface area contributed by atoms with Gasteiger partial charge in [-0.05, 0) is 19.4 Å². The van der Waals surface area contributed by atoms with Crippen LogP contribution in [0.3, 0.4) is 0 Å². The summed E-state index contributed by atoms with van der Waals surface area (Å²) in [7, 11) is 0. The van der Waals surface area contributed by atoms with E-state index in [0.29, 0.717) is 0 Å². The summed E-state index contributed by atoms with van der Waals surface area (Å²) in [5, 5.41) is 7.07. The maximum Gasteiger partial charge on any atom is 0.405 e. The molecule has 1 aliphatic heterocycles. The molecule has 104 valence electrons. The number of nitrogens with one attached hydrogen (secondary N) is 3. The molecule has 5 nitrogen and oxygen atoms in total. The molecular weight excluding hydrogens is 251 g/mol. The average Bonchev–Trinajstić information content (AvgIpc) is 2.75. The lowest BCUT2D eigenvalue weighted by molar-refractivity contribution is -0.138. The highest BCUT2D eigenvalue weighted by atomic mass is 19.4. The summed E-state index contributed by atoms with van der Waals surface area (Å²) >= 11 is 0. The Morgan fingerprint density at radius 1 is 1.22 bits per heavy atom. The summed E-state index contributed by atoms with van der Waals surface area (Å²) in [4.78, 5) is 22.3. The highest BCUT2D eigenvalue weighted by molar-refractivity contribution is 5.84. The van der Waals surface area contributed by atoms with Crippen molar-refractivity contribution in [3.63, 3.8) is 0 Å². The van der Waals surface area contributed by atoms with Gasteiger partial charge in [-0.3, -0.25) is 9.59 Å². The van der Waals surface area contributed by atoms with E-state index in [0.717, 1.165) is 19.4 Å². The number of halogens is 3. The summed E-state index contributed by atoms with van der Waals surface area (Å²) in [6.07, 6.45) is -2.29. The molecule has 0 saturated carbocycles. The van der Waals surface area contributed by atoms with Gasteiger partial charge in [0.2, 0.25) is 11.8 Å². The van der Waals surface area contributed by atoms with Gasteiger partial charge in [-0.25, -0.2) is 0 Å². The number of amides is 2. The maximum atomic E-state index is 11.8. The van der Waals surface area contributed by atoms with Crippen LogP contribution in [-0.2, 0) is 9.59 Å². The lowest BCUT2D eigenvalue weighted by atomic mass is 10.1. The van der Waals surface area contributed by atoms with E-state index >= 15 is 0 Å². The Morgan fingerprint density at radius 2 is 1.94 bits per heavy atom. The molecule has 0 aromatic carbocycles. The van der Waals surface area contributed by atoms with E-state index in [2.05, 4.69) is 10.6 Å². The van der Waals surface area contributed by atoms with E-state index in [-0.39, 0.29) is 18.4 Å². The van der Waals surface area contributed by atoms with Crippen molar-refractivity contribution in [3.8, 4) is 0 Å². The fourth-order valence-electron chi connectivity index (χ4n) is 1.67. The highest BCUT2D eigenvalue weighted by Crippen LogP contribution is 2.11. The molecule has 0 aromatic rings. The Morgan fingerprint density at radius 3 is 2.50 bits per heavy atom. The van der Waals surface area contributed by atoms with E-state index < -0.39 is 25.2 Å². The molecule has 0 aliphatic carbocycles. The van der Waals surface area contributed by atoms with Gasteiger partial charge in [0.1, 0.15) is 6.54 Å². The predicted molar refractivity (Wildman–Crippen MR) is 57.7 cm³/mol. The molecule has 1 fully saturated rings. The predicted octanol–water partition coefficient (Wildman–Crippen LogP) is -0.0768. The third-order valence-corrected chi connectivity index (χ3v) is 2.53. The summed E-state index contributed by atoms with van der Waals surface area (Å²) in [5.74, 6) is -1.18. The Bertz CT molecular complexity index is 301. The van der Waals surface area contributed by atoms with Gasteiger partial charge in [-0.2, -0.15) is 13.2 Å². The number of rotatable bonds is 5. The Balaban J connectivity index is 2.11.